The Kier molecular flexibility index (Phi) is 6.41. The van der Waals surface area contributed by atoms with E-state index in [1.165, 1.54) is 18.2 Å². The number of carbonyl (C=O) groups excluding carboxylic acids is 1. The highest BCUT2D eigenvalue weighted by Crippen LogP contribution is 2.28. The average molecular weight is 427 g/mol. The first-order chi connectivity index (χ1) is 14.9. The van der Waals surface area contributed by atoms with Gasteiger partial charge in [-0.05, 0) is 54.5 Å². The van der Waals surface area contributed by atoms with Crippen LogP contribution in [0.15, 0.2) is 36.7 Å². The molecule has 7 heteroatoms. The number of aromatic nitrogens is 3. The van der Waals surface area contributed by atoms with Crippen molar-refractivity contribution in [2.24, 2.45) is 5.92 Å². The lowest BCUT2D eigenvalue weighted by atomic mass is 9.96. The predicted octanol–water partition coefficient (Wildman–Crippen LogP) is 5.18. The second kappa shape index (κ2) is 9.22. The zero-order valence-corrected chi connectivity index (χ0v) is 17.9. The molecule has 0 atom stereocenters. The Balaban J connectivity index is 1.66. The van der Waals surface area contributed by atoms with Gasteiger partial charge >= 0.3 is 0 Å². The largest absolute Gasteiger partial charge is 0.381 e. The molecule has 1 aliphatic rings. The van der Waals surface area contributed by atoms with Crippen LogP contribution in [-0.4, -0.2) is 33.4 Å². The number of hydrogen-bond acceptors (Lipinski definition) is 4. The van der Waals surface area contributed by atoms with E-state index in [1.54, 1.807) is 0 Å². The Morgan fingerprint density at radius 1 is 1.16 bits per heavy atom. The molecule has 4 heterocycles. The fourth-order valence-electron chi connectivity index (χ4n) is 4.11. The summed E-state index contributed by atoms with van der Waals surface area (Å²) in [4.78, 5) is 21.6. The number of ether oxygens (including phenoxy) is 1. The van der Waals surface area contributed by atoms with Crippen molar-refractivity contribution < 1.29 is 18.3 Å². The third-order valence-corrected chi connectivity index (χ3v) is 5.69. The summed E-state index contributed by atoms with van der Waals surface area (Å²) >= 11 is 0. The molecule has 5 nitrogen and oxygen atoms in total. The van der Waals surface area contributed by atoms with Crippen molar-refractivity contribution in [3.63, 3.8) is 0 Å². The van der Waals surface area contributed by atoms with E-state index in [9.17, 15) is 13.6 Å². The number of imidazole rings is 1. The summed E-state index contributed by atoms with van der Waals surface area (Å²) in [5.41, 5.74) is 3.55. The Labute approximate surface area is 180 Å². The van der Waals surface area contributed by atoms with Crippen molar-refractivity contribution in [2.45, 2.75) is 51.9 Å². The topological polar surface area (TPSA) is 56.5 Å². The normalized spacial score (nSPS) is 15.3. The lowest BCUT2D eigenvalue weighted by Crippen LogP contribution is -2.14. The minimum Gasteiger partial charge on any atom is -0.381 e. The Bertz CT molecular complexity index is 1070. The number of fused-ring (bicyclic) bond motifs is 1. The van der Waals surface area contributed by atoms with Crippen LogP contribution in [0.1, 0.15) is 72.0 Å². The van der Waals surface area contributed by atoms with Gasteiger partial charge in [0.15, 0.2) is 5.78 Å². The first kappa shape index (κ1) is 21.6. The third-order valence-electron chi connectivity index (χ3n) is 5.69. The van der Waals surface area contributed by atoms with Crippen molar-refractivity contribution in [3.05, 3.63) is 64.9 Å². The number of nitrogens with zero attached hydrogens (tertiary/aromatic N) is 3. The van der Waals surface area contributed by atoms with Gasteiger partial charge in [0, 0.05) is 37.9 Å². The molecule has 4 rings (SSSR count). The van der Waals surface area contributed by atoms with Gasteiger partial charge in [0.25, 0.3) is 6.43 Å². The zero-order valence-electron chi connectivity index (χ0n) is 17.9. The van der Waals surface area contributed by atoms with Gasteiger partial charge in [-0.3, -0.25) is 4.79 Å². The zero-order chi connectivity index (χ0) is 22.0. The monoisotopic (exact) mass is 427 g/mol. The first-order valence-corrected chi connectivity index (χ1v) is 10.8. The molecule has 1 fully saturated rings. The van der Waals surface area contributed by atoms with Gasteiger partial charge in [-0.15, -0.1) is 0 Å². The minimum absolute atomic E-state index is 0.0712. The standard InChI is InChI=1S/C24H27F2N3O2/c1-15(2)10-17-12-23-28-21(16-6-8-31-9-7-16)14-29(23)13-18(17)11-22(30)19-4-3-5-20(27-19)24(25)26/h3-5,12-16,24H,6-11H2,1-2H3. The molecule has 0 N–H and O–H groups in total. The lowest BCUT2D eigenvalue weighted by Gasteiger charge is -2.19. The molecule has 0 aliphatic carbocycles. The number of ketones is 1. The van der Waals surface area contributed by atoms with E-state index in [0.29, 0.717) is 11.8 Å². The number of halogens is 2. The highest BCUT2D eigenvalue weighted by atomic mass is 19.3. The molecule has 0 bridgehead atoms. The average Bonchev–Trinajstić information content (AvgIpc) is 3.17. The number of pyridine rings is 2. The van der Waals surface area contributed by atoms with Crippen molar-refractivity contribution in [1.29, 1.82) is 0 Å². The van der Waals surface area contributed by atoms with Gasteiger partial charge in [0.05, 0.1) is 5.69 Å². The number of alkyl halides is 2. The van der Waals surface area contributed by atoms with Gasteiger partial charge in [-0.1, -0.05) is 19.9 Å². The Morgan fingerprint density at radius 3 is 2.65 bits per heavy atom. The van der Waals surface area contributed by atoms with Gasteiger partial charge in [0.2, 0.25) is 0 Å². The summed E-state index contributed by atoms with van der Waals surface area (Å²) in [6, 6.07) is 6.24. The molecule has 0 aromatic carbocycles. The van der Waals surface area contributed by atoms with Gasteiger partial charge in [-0.25, -0.2) is 18.7 Å². The van der Waals surface area contributed by atoms with Crippen LogP contribution in [0.2, 0.25) is 0 Å². The SMILES string of the molecule is CC(C)Cc1cc2nc(C3CCOCC3)cn2cc1CC(=O)c1cccc(C(F)F)n1. The van der Waals surface area contributed by atoms with Crippen LogP contribution in [0.4, 0.5) is 8.78 Å². The van der Waals surface area contributed by atoms with E-state index in [4.69, 9.17) is 9.72 Å². The molecule has 31 heavy (non-hydrogen) atoms. The van der Waals surface area contributed by atoms with E-state index < -0.39 is 6.43 Å². The molecule has 0 spiro atoms. The number of carbonyl (C=O) groups is 1. The minimum atomic E-state index is -2.70. The number of hydrogen-bond donors (Lipinski definition) is 0. The smallest absolute Gasteiger partial charge is 0.280 e. The molecule has 1 saturated heterocycles. The summed E-state index contributed by atoms with van der Waals surface area (Å²) in [7, 11) is 0. The highest BCUT2D eigenvalue weighted by molar-refractivity contribution is 5.96. The van der Waals surface area contributed by atoms with Crippen LogP contribution in [0.25, 0.3) is 5.65 Å². The van der Waals surface area contributed by atoms with Crippen molar-refractivity contribution in [2.75, 3.05) is 13.2 Å². The predicted molar refractivity (Wildman–Crippen MR) is 114 cm³/mol. The molecule has 0 radical (unpaired) electrons. The Hall–Kier alpha value is -2.67. The van der Waals surface area contributed by atoms with Crippen molar-refractivity contribution in [3.8, 4) is 0 Å². The Morgan fingerprint density at radius 2 is 1.94 bits per heavy atom. The summed E-state index contributed by atoms with van der Waals surface area (Å²) in [5, 5.41) is 0. The maximum absolute atomic E-state index is 13.0. The molecule has 0 amide bonds. The molecule has 0 saturated carbocycles. The van der Waals surface area contributed by atoms with Crippen molar-refractivity contribution in [1.82, 2.24) is 14.4 Å². The quantitative estimate of drug-likeness (QED) is 0.487. The number of Topliss-reactive ketones (excluding diaryl/α,β-unsaturated/α-hetero) is 1. The van der Waals surface area contributed by atoms with E-state index in [2.05, 4.69) is 24.9 Å². The fourth-order valence-corrected chi connectivity index (χ4v) is 4.11. The van der Waals surface area contributed by atoms with E-state index in [0.717, 1.165) is 54.9 Å². The maximum atomic E-state index is 13.0. The number of rotatable bonds is 7. The van der Waals surface area contributed by atoms with E-state index in [1.807, 2.05) is 16.8 Å². The third kappa shape index (κ3) is 4.98. The van der Waals surface area contributed by atoms with Crippen LogP contribution in [0.3, 0.4) is 0 Å². The van der Waals surface area contributed by atoms with Crippen molar-refractivity contribution >= 4 is 11.4 Å². The van der Waals surface area contributed by atoms with Crippen LogP contribution < -0.4 is 0 Å². The molecule has 1 aliphatic heterocycles. The highest BCUT2D eigenvalue weighted by Gasteiger charge is 2.21. The van der Waals surface area contributed by atoms with E-state index >= 15 is 0 Å². The fraction of sp³-hybridized carbons (Fsp3) is 0.458. The van der Waals surface area contributed by atoms with Gasteiger partial charge < -0.3 is 9.14 Å². The van der Waals surface area contributed by atoms with Crippen LogP contribution >= 0.6 is 0 Å². The molecule has 3 aromatic heterocycles. The summed E-state index contributed by atoms with van der Waals surface area (Å²) < 4.78 is 33.4. The van der Waals surface area contributed by atoms with Gasteiger partial charge in [-0.2, -0.15) is 0 Å². The van der Waals surface area contributed by atoms with E-state index in [-0.39, 0.29) is 23.6 Å². The lowest BCUT2D eigenvalue weighted by molar-refractivity contribution is 0.0846. The van der Waals surface area contributed by atoms with Crippen LogP contribution in [-0.2, 0) is 17.6 Å². The molecule has 3 aromatic rings. The first-order valence-electron chi connectivity index (χ1n) is 10.8. The van der Waals surface area contributed by atoms with Gasteiger partial charge in [0.1, 0.15) is 17.0 Å². The van der Waals surface area contributed by atoms with Crippen LogP contribution in [0.5, 0.6) is 0 Å². The second-order valence-corrected chi connectivity index (χ2v) is 8.59. The molecule has 0 unspecified atom stereocenters. The molecule has 164 valence electrons. The molecular weight excluding hydrogens is 400 g/mol. The molecular formula is C24H27F2N3O2. The summed E-state index contributed by atoms with van der Waals surface area (Å²) in [5.74, 6) is 0.520. The second-order valence-electron chi connectivity index (χ2n) is 8.59. The summed E-state index contributed by atoms with van der Waals surface area (Å²) in [6.45, 7) is 5.76. The summed E-state index contributed by atoms with van der Waals surface area (Å²) in [6.07, 6.45) is 4.13. The maximum Gasteiger partial charge on any atom is 0.280 e. The van der Waals surface area contributed by atoms with Crippen LogP contribution in [0, 0.1) is 5.92 Å².